The topological polar surface area (TPSA) is 94.1 Å². The molecule has 0 saturated carbocycles. The predicted molar refractivity (Wildman–Crippen MR) is 185 cm³/mol. The Morgan fingerprint density at radius 2 is 1.74 bits per heavy atom. The number of carbonyl (C=O) groups excluding carboxylic acids is 2. The third-order valence-corrected chi connectivity index (χ3v) is 9.80. The zero-order valence-electron chi connectivity index (χ0n) is 26.8. The first-order valence-corrected chi connectivity index (χ1v) is 17.1. The molecule has 0 radical (unpaired) electrons. The first-order valence-electron chi connectivity index (χ1n) is 16.2. The van der Waals surface area contributed by atoms with Crippen LogP contribution in [0.5, 0.6) is 0 Å². The van der Waals surface area contributed by atoms with Gasteiger partial charge in [0.2, 0.25) is 11.8 Å². The normalized spacial score (nSPS) is 16.6. The van der Waals surface area contributed by atoms with E-state index < -0.39 is 18.3 Å². The number of fused-ring (bicyclic) bond motifs is 1. The highest BCUT2D eigenvalue weighted by atomic mass is 32.1. The van der Waals surface area contributed by atoms with Gasteiger partial charge in [-0.2, -0.15) is 0 Å². The summed E-state index contributed by atoms with van der Waals surface area (Å²) in [5.41, 5.74) is 2.13. The van der Waals surface area contributed by atoms with Gasteiger partial charge in [-0.1, -0.05) is 78.9 Å². The summed E-state index contributed by atoms with van der Waals surface area (Å²) in [5.74, 6) is -0.478. The number of hydrogen-bond donors (Lipinski definition) is 3. The van der Waals surface area contributed by atoms with Crippen LogP contribution in [-0.2, 0) is 33.6 Å². The monoisotopic (exact) mass is 642 g/mol. The van der Waals surface area contributed by atoms with Crippen LogP contribution >= 0.6 is 11.3 Å². The van der Waals surface area contributed by atoms with Gasteiger partial charge < -0.3 is 25.0 Å². The van der Waals surface area contributed by atoms with Crippen LogP contribution in [0.25, 0.3) is 10.8 Å². The Morgan fingerprint density at radius 3 is 2.48 bits per heavy atom. The lowest BCUT2D eigenvalue weighted by Gasteiger charge is -2.37. The third kappa shape index (κ3) is 9.24. The Kier molecular flexibility index (Phi) is 12.3. The second kappa shape index (κ2) is 16.8. The zero-order chi connectivity index (χ0) is 32.3. The standard InChI is InChI=1S/C37H46N4O4S/c1-40(35(42)26-45-25-31-14-8-19-38-31)34(23-28-16-17-29-12-6-7-13-30(29)22-28)37(44)41(2)33(24-32-15-9-21-46-32)36(43)39-20-18-27-10-4-3-5-11-27/h3-7,9-13,15-17,21-22,31,33-34,36,38-39,43H,8,14,18-20,23-26H2,1-2H3/t31-,33+,34+,36?/m0/s1. The van der Waals surface area contributed by atoms with E-state index in [2.05, 4.69) is 47.0 Å². The molecule has 2 heterocycles. The molecule has 1 aliphatic rings. The van der Waals surface area contributed by atoms with E-state index in [4.69, 9.17) is 4.74 Å². The van der Waals surface area contributed by atoms with E-state index in [9.17, 15) is 14.7 Å². The van der Waals surface area contributed by atoms with E-state index in [1.165, 1.54) is 10.5 Å². The summed E-state index contributed by atoms with van der Waals surface area (Å²) in [4.78, 5) is 32.1. The van der Waals surface area contributed by atoms with Gasteiger partial charge >= 0.3 is 0 Å². The van der Waals surface area contributed by atoms with Gasteiger partial charge in [-0.3, -0.25) is 14.9 Å². The van der Waals surface area contributed by atoms with Crippen molar-refractivity contribution >= 4 is 33.9 Å². The summed E-state index contributed by atoms with van der Waals surface area (Å²) in [7, 11) is 3.41. The maximum absolute atomic E-state index is 14.5. The van der Waals surface area contributed by atoms with E-state index in [1.807, 2.05) is 53.9 Å². The van der Waals surface area contributed by atoms with Crippen LogP contribution in [0.2, 0.25) is 0 Å². The summed E-state index contributed by atoms with van der Waals surface area (Å²) in [6.45, 7) is 1.89. The van der Waals surface area contributed by atoms with Crippen molar-refractivity contribution in [2.24, 2.45) is 0 Å². The van der Waals surface area contributed by atoms with Crippen molar-refractivity contribution in [2.75, 3.05) is 40.4 Å². The number of nitrogens with one attached hydrogen (secondary N) is 2. The van der Waals surface area contributed by atoms with Gasteiger partial charge in [-0.15, -0.1) is 11.3 Å². The second-order valence-electron chi connectivity index (χ2n) is 12.1. The van der Waals surface area contributed by atoms with Gasteiger partial charge in [0.1, 0.15) is 18.9 Å². The number of amides is 2. The van der Waals surface area contributed by atoms with Crippen LogP contribution in [0.15, 0.2) is 90.3 Å². The molecule has 1 aliphatic heterocycles. The van der Waals surface area contributed by atoms with Crippen molar-refractivity contribution in [3.05, 3.63) is 106 Å². The number of aliphatic hydroxyl groups excluding tert-OH is 1. The fourth-order valence-electron chi connectivity index (χ4n) is 6.08. The highest BCUT2D eigenvalue weighted by molar-refractivity contribution is 7.09. The highest BCUT2D eigenvalue weighted by Gasteiger charge is 2.35. The Bertz CT molecular complexity index is 1530. The minimum Gasteiger partial charge on any atom is -0.376 e. The molecule has 3 N–H and O–H groups in total. The summed E-state index contributed by atoms with van der Waals surface area (Å²) in [5, 5.41) is 22.3. The fourth-order valence-corrected chi connectivity index (χ4v) is 6.84. The highest BCUT2D eigenvalue weighted by Crippen LogP contribution is 2.21. The Balaban J connectivity index is 1.34. The lowest BCUT2D eigenvalue weighted by molar-refractivity contribution is -0.149. The molecule has 1 fully saturated rings. The van der Waals surface area contributed by atoms with Crippen molar-refractivity contribution < 1.29 is 19.4 Å². The first kappa shape index (κ1) is 33.8. The van der Waals surface area contributed by atoms with E-state index in [-0.39, 0.29) is 24.5 Å². The quantitative estimate of drug-likeness (QED) is 0.158. The van der Waals surface area contributed by atoms with E-state index in [0.29, 0.717) is 26.0 Å². The van der Waals surface area contributed by atoms with Gasteiger partial charge in [0.25, 0.3) is 0 Å². The van der Waals surface area contributed by atoms with Crippen molar-refractivity contribution in [2.45, 2.75) is 56.5 Å². The second-order valence-corrected chi connectivity index (χ2v) is 13.2. The molecule has 1 unspecified atom stereocenters. The lowest BCUT2D eigenvalue weighted by atomic mass is 9.99. The Morgan fingerprint density at radius 1 is 0.957 bits per heavy atom. The van der Waals surface area contributed by atoms with Crippen LogP contribution in [0.3, 0.4) is 0 Å². The number of rotatable bonds is 16. The van der Waals surface area contributed by atoms with E-state index in [1.54, 1.807) is 30.3 Å². The average Bonchev–Trinajstić information content (AvgIpc) is 3.80. The number of aliphatic hydroxyl groups is 1. The molecular weight excluding hydrogens is 596 g/mol. The molecule has 9 heteroatoms. The molecule has 1 aromatic heterocycles. The molecule has 4 aromatic rings. The molecule has 46 heavy (non-hydrogen) atoms. The average molecular weight is 643 g/mol. The van der Waals surface area contributed by atoms with Gasteiger partial charge in [-0.25, -0.2) is 0 Å². The van der Waals surface area contributed by atoms with Crippen molar-refractivity contribution in [3.63, 3.8) is 0 Å². The zero-order valence-corrected chi connectivity index (χ0v) is 27.6. The molecule has 0 spiro atoms. The van der Waals surface area contributed by atoms with Crippen LogP contribution in [-0.4, -0.2) is 91.5 Å². The van der Waals surface area contributed by atoms with Crippen LogP contribution in [0.1, 0.15) is 28.8 Å². The van der Waals surface area contributed by atoms with Crippen molar-refractivity contribution in [3.8, 4) is 0 Å². The van der Waals surface area contributed by atoms with Gasteiger partial charge in [0.15, 0.2) is 0 Å². The van der Waals surface area contributed by atoms with Gasteiger partial charge in [-0.05, 0) is 59.2 Å². The van der Waals surface area contributed by atoms with Crippen molar-refractivity contribution in [1.29, 1.82) is 0 Å². The molecule has 4 atom stereocenters. The third-order valence-electron chi connectivity index (χ3n) is 8.91. The molecular formula is C37H46N4O4S. The fraction of sp³-hybridized carbons (Fsp3) is 0.405. The predicted octanol–water partition coefficient (Wildman–Crippen LogP) is 4.26. The molecule has 2 amide bonds. The number of hydrogen-bond acceptors (Lipinski definition) is 7. The van der Waals surface area contributed by atoms with Gasteiger partial charge in [0.05, 0.1) is 12.6 Å². The number of likely N-dealkylation sites (N-methyl/N-ethyl adjacent to an activating group) is 2. The minimum absolute atomic E-state index is 0.0951. The number of thiophene rings is 1. The Hall–Kier alpha value is -3.60. The summed E-state index contributed by atoms with van der Waals surface area (Å²) >= 11 is 1.60. The molecule has 0 aliphatic carbocycles. The van der Waals surface area contributed by atoms with Crippen LogP contribution < -0.4 is 10.6 Å². The number of benzene rings is 3. The summed E-state index contributed by atoms with van der Waals surface area (Å²) in [6, 6.07) is 27.3. The lowest BCUT2D eigenvalue weighted by Crippen LogP contribution is -2.57. The maximum atomic E-state index is 14.5. The number of nitrogens with zero attached hydrogens (tertiary/aromatic N) is 2. The smallest absolute Gasteiger partial charge is 0.249 e. The molecule has 244 valence electrons. The number of ether oxygens (including phenoxy) is 1. The van der Waals surface area contributed by atoms with E-state index >= 15 is 0 Å². The maximum Gasteiger partial charge on any atom is 0.249 e. The van der Waals surface area contributed by atoms with E-state index in [0.717, 1.165) is 47.0 Å². The Labute approximate surface area is 276 Å². The molecule has 8 nitrogen and oxygen atoms in total. The van der Waals surface area contributed by atoms with Gasteiger partial charge in [0, 0.05) is 44.4 Å². The van der Waals surface area contributed by atoms with Crippen LogP contribution in [0, 0.1) is 0 Å². The largest absolute Gasteiger partial charge is 0.376 e. The molecule has 5 rings (SSSR count). The summed E-state index contributed by atoms with van der Waals surface area (Å²) in [6.07, 6.45) is 2.74. The molecule has 1 saturated heterocycles. The molecule has 0 bridgehead atoms. The van der Waals surface area contributed by atoms with Crippen molar-refractivity contribution in [1.82, 2.24) is 20.4 Å². The SMILES string of the molecule is CN(C(=O)COC[C@@H]1CCCN1)[C@H](Cc1ccc2ccccc2c1)C(=O)N(C)[C@H](Cc1cccs1)C(O)NCCc1ccccc1. The molecule has 3 aromatic carbocycles. The van der Waals surface area contributed by atoms with Crippen LogP contribution in [0.4, 0.5) is 0 Å². The number of carbonyl (C=O) groups is 2. The first-order chi connectivity index (χ1) is 22.4. The minimum atomic E-state index is -0.968. The summed E-state index contributed by atoms with van der Waals surface area (Å²) < 4.78 is 5.81.